The zero-order chi connectivity index (χ0) is 23.1. The lowest BCUT2D eigenvalue weighted by Crippen LogP contribution is -2.60. The van der Waals surface area contributed by atoms with Gasteiger partial charge in [0.25, 0.3) is 5.91 Å². The Morgan fingerprint density at radius 3 is 2.12 bits per heavy atom. The standard InChI is InChI=1S/C28H29N3O3/c32-25(29-28-14-19-11-20(15-28)13-21(12-19)16-28)18-34-27(33)24-17-31(23-9-5-2-6-10-23)30-26(24)22-7-3-1-4-8-22/h1-10,17,19-21H,11-16,18H2,(H,29,32). The fourth-order valence-corrected chi connectivity index (χ4v) is 6.85. The second kappa shape index (κ2) is 8.42. The van der Waals surface area contributed by atoms with Crippen molar-refractivity contribution in [1.82, 2.24) is 15.1 Å². The first kappa shape index (κ1) is 21.1. The fourth-order valence-electron chi connectivity index (χ4n) is 6.85. The van der Waals surface area contributed by atoms with E-state index in [0.29, 0.717) is 11.3 Å². The number of amides is 1. The maximum Gasteiger partial charge on any atom is 0.342 e. The molecule has 0 aliphatic heterocycles. The minimum Gasteiger partial charge on any atom is -0.452 e. The second-order valence-electron chi connectivity index (χ2n) is 10.4. The van der Waals surface area contributed by atoms with Gasteiger partial charge in [0, 0.05) is 17.3 Å². The Balaban J connectivity index is 1.18. The van der Waals surface area contributed by atoms with Crippen molar-refractivity contribution in [3.05, 3.63) is 72.4 Å². The highest BCUT2D eigenvalue weighted by atomic mass is 16.5. The molecule has 6 heteroatoms. The van der Waals surface area contributed by atoms with E-state index in [9.17, 15) is 9.59 Å². The minimum absolute atomic E-state index is 0.0916. The van der Waals surface area contributed by atoms with Crippen LogP contribution in [0.1, 0.15) is 48.9 Å². The number of para-hydroxylation sites is 1. The topological polar surface area (TPSA) is 73.2 Å². The number of esters is 1. The highest BCUT2D eigenvalue weighted by Crippen LogP contribution is 2.55. The van der Waals surface area contributed by atoms with E-state index in [1.807, 2.05) is 60.7 Å². The van der Waals surface area contributed by atoms with Crippen molar-refractivity contribution in [3.63, 3.8) is 0 Å². The van der Waals surface area contributed by atoms with E-state index in [2.05, 4.69) is 10.4 Å². The predicted molar refractivity (Wildman–Crippen MR) is 128 cm³/mol. The zero-order valence-corrected chi connectivity index (χ0v) is 19.2. The Labute approximate surface area is 199 Å². The summed E-state index contributed by atoms with van der Waals surface area (Å²) >= 11 is 0. The lowest BCUT2D eigenvalue weighted by Gasteiger charge is -2.56. The van der Waals surface area contributed by atoms with Crippen LogP contribution < -0.4 is 5.32 Å². The summed E-state index contributed by atoms with van der Waals surface area (Å²) in [5.74, 6) is 1.48. The monoisotopic (exact) mass is 455 g/mol. The number of aromatic nitrogens is 2. The first-order valence-corrected chi connectivity index (χ1v) is 12.3. The van der Waals surface area contributed by atoms with Crippen molar-refractivity contribution < 1.29 is 14.3 Å². The molecule has 0 atom stereocenters. The van der Waals surface area contributed by atoms with Gasteiger partial charge in [-0.15, -0.1) is 0 Å². The van der Waals surface area contributed by atoms with E-state index in [0.717, 1.165) is 48.3 Å². The van der Waals surface area contributed by atoms with Crippen molar-refractivity contribution in [3.8, 4) is 16.9 Å². The van der Waals surface area contributed by atoms with Crippen LogP contribution in [0.5, 0.6) is 0 Å². The van der Waals surface area contributed by atoms with Gasteiger partial charge in [0.15, 0.2) is 6.61 Å². The molecule has 174 valence electrons. The van der Waals surface area contributed by atoms with Crippen molar-refractivity contribution >= 4 is 11.9 Å². The van der Waals surface area contributed by atoms with Crippen molar-refractivity contribution in [2.75, 3.05) is 6.61 Å². The normalized spacial score (nSPS) is 26.9. The molecule has 1 amide bonds. The molecule has 6 nitrogen and oxygen atoms in total. The fraction of sp³-hybridized carbons (Fsp3) is 0.393. The number of carbonyl (C=O) groups excluding carboxylic acids is 2. The maximum absolute atomic E-state index is 13.1. The minimum atomic E-state index is -0.540. The van der Waals surface area contributed by atoms with Gasteiger partial charge in [-0.05, 0) is 68.4 Å². The molecule has 0 saturated heterocycles. The maximum atomic E-state index is 13.1. The van der Waals surface area contributed by atoms with Crippen LogP contribution in [0, 0.1) is 17.8 Å². The quantitative estimate of drug-likeness (QED) is 0.543. The summed E-state index contributed by atoms with van der Waals surface area (Å²) in [6.45, 7) is -0.272. The van der Waals surface area contributed by atoms with Gasteiger partial charge in [0.2, 0.25) is 0 Å². The molecule has 34 heavy (non-hydrogen) atoms. The Hall–Kier alpha value is -3.41. The third kappa shape index (κ3) is 4.02. The third-order valence-corrected chi connectivity index (χ3v) is 7.78. The van der Waals surface area contributed by atoms with Crippen LogP contribution in [0.15, 0.2) is 66.9 Å². The molecular formula is C28H29N3O3. The van der Waals surface area contributed by atoms with Gasteiger partial charge in [-0.25, -0.2) is 9.48 Å². The average molecular weight is 456 g/mol. The lowest BCUT2D eigenvalue weighted by molar-refractivity contribution is -0.130. The molecule has 0 unspecified atom stereocenters. The predicted octanol–water partition coefficient (Wildman–Crippen LogP) is 4.78. The van der Waals surface area contributed by atoms with Crippen molar-refractivity contribution in [2.45, 2.75) is 44.1 Å². The average Bonchev–Trinajstić information content (AvgIpc) is 3.28. The lowest BCUT2D eigenvalue weighted by atomic mass is 9.53. The number of hydrogen-bond acceptors (Lipinski definition) is 4. The molecule has 2 aromatic carbocycles. The van der Waals surface area contributed by atoms with Crippen LogP contribution in [0.25, 0.3) is 16.9 Å². The summed E-state index contributed by atoms with van der Waals surface area (Å²) in [6.07, 6.45) is 8.84. The van der Waals surface area contributed by atoms with Gasteiger partial charge in [0.1, 0.15) is 11.3 Å². The number of carbonyl (C=O) groups is 2. The molecule has 4 fully saturated rings. The van der Waals surface area contributed by atoms with Crippen LogP contribution in [-0.2, 0) is 9.53 Å². The molecule has 4 bridgehead atoms. The summed E-state index contributed by atoms with van der Waals surface area (Å²) in [5.41, 5.74) is 2.46. The van der Waals surface area contributed by atoms with Crippen LogP contribution in [0.3, 0.4) is 0 Å². The Morgan fingerprint density at radius 1 is 0.912 bits per heavy atom. The Morgan fingerprint density at radius 2 is 1.50 bits per heavy atom. The number of nitrogens with zero attached hydrogens (tertiary/aromatic N) is 2. The number of ether oxygens (including phenoxy) is 1. The summed E-state index contributed by atoms with van der Waals surface area (Å²) in [7, 11) is 0. The molecule has 1 heterocycles. The first-order valence-electron chi connectivity index (χ1n) is 12.3. The molecule has 1 N–H and O–H groups in total. The summed E-state index contributed by atoms with van der Waals surface area (Å²) in [6, 6.07) is 19.2. The molecule has 7 rings (SSSR count). The summed E-state index contributed by atoms with van der Waals surface area (Å²) in [4.78, 5) is 25.9. The van der Waals surface area contributed by atoms with Gasteiger partial charge in [0.05, 0.1) is 5.69 Å². The molecule has 4 aliphatic carbocycles. The molecule has 4 aliphatic rings. The number of hydrogen-bond donors (Lipinski definition) is 1. The van der Waals surface area contributed by atoms with E-state index in [-0.39, 0.29) is 18.1 Å². The summed E-state index contributed by atoms with van der Waals surface area (Å²) < 4.78 is 7.19. The number of benzene rings is 2. The van der Waals surface area contributed by atoms with Gasteiger partial charge < -0.3 is 10.1 Å². The van der Waals surface area contributed by atoms with Gasteiger partial charge in [-0.1, -0.05) is 48.5 Å². The molecule has 0 spiro atoms. The number of rotatable bonds is 6. The Kier molecular flexibility index (Phi) is 5.24. The highest BCUT2D eigenvalue weighted by molar-refractivity contribution is 5.97. The molecular weight excluding hydrogens is 426 g/mol. The zero-order valence-electron chi connectivity index (χ0n) is 19.2. The van der Waals surface area contributed by atoms with Crippen LogP contribution in [0.4, 0.5) is 0 Å². The molecule has 1 aromatic heterocycles. The molecule has 0 radical (unpaired) electrons. The van der Waals surface area contributed by atoms with Gasteiger partial charge in [-0.2, -0.15) is 5.10 Å². The third-order valence-electron chi connectivity index (χ3n) is 7.78. The van der Waals surface area contributed by atoms with E-state index < -0.39 is 5.97 Å². The number of nitrogens with one attached hydrogen (secondary N) is 1. The van der Waals surface area contributed by atoms with E-state index in [4.69, 9.17) is 4.74 Å². The van der Waals surface area contributed by atoms with Gasteiger partial charge >= 0.3 is 5.97 Å². The molecule has 3 aromatic rings. The van der Waals surface area contributed by atoms with E-state index >= 15 is 0 Å². The summed E-state index contributed by atoms with van der Waals surface area (Å²) in [5, 5.41) is 7.93. The van der Waals surface area contributed by atoms with E-state index in [1.54, 1.807) is 10.9 Å². The second-order valence-corrected chi connectivity index (χ2v) is 10.4. The van der Waals surface area contributed by atoms with Crippen LogP contribution >= 0.6 is 0 Å². The molecule has 4 saturated carbocycles. The highest BCUT2D eigenvalue weighted by Gasteiger charge is 2.51. The van der Waals surface area contributed by atoms with Crippen LogP contribution in [0.2, 0.25) is 0 Å². The first-order chi connectivity index (χ1) is 16.6. The SMILES string of the molecule is O=C(COC(=O)c1cn(-c2ccccc2)nc1-c1ccccc1)NC12CC3CC(CC(C3)C1)C2. The van der Waals surface area contributed by atoms with E-state index in [1.165, 1.54) is 19.3 Å². The smallest absolute Gasteiger partial charge is 0.342 e. The van der Waals surface area contributed by atoms with Crippen molar-refractivity contribution in [2.24, 2.45) is 17.8 Å². The largest absolute Gasteiger partial charge is 0.452 e. The van der Waals surface area contributed by atoms with Crippen molar-refractivity contribution in [1.29, 1.82) is 0 Å². The van der Waals surface area contributed by atoms with Crippen LogP contribution in [-0.4, -0.2) is 33.8 Å². The Bertz CT molecular complexity index is 1170. The van der Waals surface area contributed by atoms with Gasteiger partial charge in [-0.3, -0.25) is 4.79 Å².